The number of hydrogen-bond acceptors (Lipinski definition) is 4. The zero-order valence-corrected chi connectivity index (χ0v) is 13.8. The van der Waals surface area contributed by atoms with Gasteiger partial charge in [-0.3, -0.25) is 0 Å². The highest BCUT2D eigenvalue weighted by Gasteiger charge is 2.26. The average molecular weight is 316 g/mol. The third-order valence-electron chi connectivity index (χ3n) is 4.32. The average Bonchev–Trinajstić information content (AvgIpc) is 3.16. The van der Waals surface area contributed by atoms with E-state index in [0.717, 1.165) is 36.4 Å². The maximum absolute atomic E-state index is 11.4. The summed E-state index contributed by atoms with van der Waals surface area (Å²) < 4.78 is 1.84. The molecule has 0 radical (unpaired) electrons. The monoisotopic (exact) mass is 316 g/mol. The van der Waals surface area contributed by atoms with Gasteiger partial charge in [0, 0.05) is 37.0 Å². The zero-order chi connectivity index (χ0) is 16.4. The summed E-state index contributed by atoms with van der Waals surface area (Å²) in [6.07, 6.45) is 4.68. The molecule has 1 saturated carbocycles. The Hall–Kier alpha value is -2.31. The number of amides is 2. The van der Waals surface area contributed by atoms with Crippen molar-refractivity contribution >= 4 is 17.5 Å². The number of urea groups is 1. The van der Waals surface area contributed by atoms with Crippen molar-refractivity contribution < 1.29 is 4.79 Å². The number of anilines is 1. The molecule has 3 N–H and O–H groups in total. The van der Waals surface area contributed by atoms with Gasteiger partial charge in [0.2, 0.25) is 0 Å². The molecule has 2 heterocycles. The van der Waals surface area contributed by atoms with Crippen molar-refractivity contribution in [2.24, 2.45) is 0 Å². The highest BCUT2D eigenvalue weighted by Crippen LogP contribution is 2.25. The molecular formula is C16H24N6O. The largest absolute Gasteiger partial charge is 0.367 e. The normalized spacial score (nSPS) is 20.9. The third kappa shape index (κ3) is 3.38. The minimum absolute atomic E-state index is 0.115. The van der Waals surface area contributed by atoms with E-state index in [0.29, 0.717) is 12.0 Å². The molecule has 2 aromatic rings. The molecule has 3 rings (SSSR count). The number of carbonyl (C=O) groups excluding carboxylic acids is 1. The van der Waals surface area contributed by atoms with E-state index in [4.69, 9.17) is 0 Å². The summed E-state index contributed by atoms with van der Waals surface area (Å²) in [6.45, 7) is 4.27. The number of carbonyl (C=O) groups is 1. The molecule has 124 valence electrons. The molecule has 0 unspecified atom stereocenters. The maximum Gasteiger partial charge on any atom is 0.314 e. The molecule has 0 spiro atoms. The predicted octanol–water partition coefficient (Wildman–Crippen LogP) is 2.11. The van der Waals surface area contributed by atoms with Crippen molar-refractivity contribution in [2.75, 3.05) is 12.4 Å². The summed E-state index contributed by atoms with van der Waals surface area (Å²) in [5.41, 5.74) is 1.91. The Labute approximate surface area is 135 Å². The molecule has 23 heavy (non-hydrogen) atoms. The van der Waals surface area contributed by atoms with Gasteiger partial charge in [-0.05, 0) is 25.2 Å². The molecule has 7 nitrogen and oxygen atoms in total. The van der Waals surface area contributed by atoms with Crippen LogP contribution in [0.3, 0.4) is 0 Å². The quantitative estimate of drug-likeness (QED) is 0.807. The van der Waals surface area contributed by atoms with E-state index in [9.17, 15) is 4.79 Å². The van der Waals surface area contributed by atoms with Crippen molar-refractivity contribution in [3.05, 3.63) is 24.0 Å². The number of nitrogens with one attached hydrogen (secondary N) is 3. The molecule has 1 aliphatic rings. The van der Waals surface area contributed by atoms with E-state index in [1.54, 1.807) is 13.2 Å². The molecular weight excluding hydrogens is 292 g/mol. The first-order valence-electron chi connectivity index (χ1n) is 8.16. The van der Waals surface area contributed by atoms with Crippen LogP contribution in [0.4, 0.5) is 10.6 Å². The number of nitrogens with zero attached hydrogens (tertiary/aromatic N) is 3. The van der Waals surface area contributed by atoms with Crippen molar-refractivity contribution in [2.45, 2.75) is 51.1 Å². The second kappa shape index (κ2) is 6.44. The smallest absolute Gasteiger partial charge is 0.314 e. The molecule has 2 amide bonds. The maximum atomic E-state index is 11.4. The summed E-state index contributed by atoms with van der Waals surface area (Å²) in [5, 5.41) is 13.5. The van der Waals surface area contributed by atoms with Crippen LogP contribution >= 0.6 is 0 Å². The van der Waals surface area contributed by atoms with Crippen molar-refractivity contribution in [1.29, 1.82) is 0 Å². The molecule has 0 bridgehead atoms. The number of aromatic nitrogens is 3. The Morgan fingerprint density at radius 3 is 2.87 bits per heavy atom. The molecule has 0 aromatic carbocycles. The highest BCUT2D eigenvalue weighted by atomic mass is 16.2. The van der Waals surface area contributed by atoms with E-state index in [1.807, 2.05) is 10.6 Å². The first kappa shape index (κ1) is 15.6. The van der Waals surface area contributed by atoms with Crippen LogP contribution in [-0.2, 0) is 0 Å². The van der Waals surface area contributed by atoms with Crippen LogP contribution in [0.25, 0.3) is 5.65 Å². The predicted molar refractivity (Wildman–Crippen MR) is 89.7 cm³/mol. The molecule has 1 aliphatic carbocycles. The van der Waals surface area contributed by atoms with Gasteiger partial charge in [-0.2, -0.15) is 9.61 Å². The Morgan fingerprint density at radius 2 is 2.13 bits per heavy atom. The van der Waals surface area contributed by atoms with Gasteiger partial charge in [-0.1, -0.05) is 13.8 Å². The minimum Gasteiger partial charge on any atom is -0.367 e. The Bertz CT molecular complexity index is 695. The van der Waals surface area contributed by atoms with Crippen LogP contribution in [0.2, 0.25) is 0 Å². The zero-order valence-electron chi connectivity index (χ0n) is 13.8. The van der Waals surface area contributed by atoms with Crippen LogP contribution in [0.5, 0.6) is 0 Å². The molecule has 0 aliphatic heterocycles. The number of hydrogen-bond donors (Lipinski definition) is 3. The van der Waals surface area contributed by atoms with E-state index in [2.05, 4.69) is 45.9 Å². The Morgan fingerprint density at radius 1 is 1.35 bits per heavy atom. The van der Waals surface area contributed by atoms with Gasteiger partial charge in [0.1, 0.15) is 5.82 Å². The third-order valence-corrected chi connectivity index (χ3v) is 4.32. The van der Waals surface area contributed by atoms with Gasteiger partial charge in [-0.15, -0.1) is 0 Å². The number of fused-ring (bicyclic) bond motifs is 1. The second-order valence-electron chi connectivity index (χ2n) is 6.40. The SMILES string of the molecule is CNC(=O)N[C@@H]1CC[C@@H](Nc2cc(C(C)C)nc3ccnn23)C1. The minimum atomic E-state index is -0.115. The first-order valence-corrected chi connectivity index (χ1v) is 8.16. The fourth-order valence-corrected chi connectivity index (χ4v) is 3.04. The lowest BCUT2D eigenvalue weighted by atomic mass is 10.1. The summed E-state index contributed by atoms with van der Waals surface area (Å²) >= 11 is 0. The first-order chi connectivity index (χ1) is 11.1. The van der Waals surface area contributed by atoms with Crippen LogP contribution in [0.1, 0.15) is 44.7 Å². The van der Waals surface area contributed by atoms with Crippen molar-refractivity contribution in [1.82, 2.24) is 25.2 Å². The van der Waals surface area contributed by atoms with Crippen LogP contribution in [0, 0.1) is 0 Å². The fourth-order valence-electron chi connectivity index (χ4n) is 3.04. The second-order valence-corrected chi connectivity index (χ2v) is 6.40. The van der Waals surface area contributed by atoms with Crippen molar-refractivity contribution in [3.63, 3.8) is 0 Å². The van der Waals surface area contributed by atoms with Gasteiger partial charge in [0.15, 0.2) is 5.65 Å². The van der Waals surface area contributed by atoms with E-state index in [-0.39, 0.29) is 12.1 Å². The van der Waals surface area contributed by atoms with Gasteiger partial charge < -0.3 is 16.0 Å². The topological polar surface area (TPSA) is 83.4 Å². The van der Waals surface area contributed by atoms with Crippen LogP contribution in [-0.4, -0.2) is 39.8 Å². The lowest BCUT2D eigenvalue weighted by Gasteiger charge is -2.17. The Kier molecular flexibility index (Phi) is 4.36. The fraction of sp³-hybridized carbons (Fsp3) is 0.562. The summed E-state index contributed by atoms with van der Waals surface area (Å²) in [6, 6.07) is 4.42. The van der Waals surface area contributed by atoms with E-state index in [1.165, 1.54) is 0 Å². The molecule has 1 fully saturated rings. The molecule has 7 heteroatoms. The molecule has 2 aromatic heterocycles. The summed E-state index contributed by atoms with van der Waals surface area (Å²) in [7, 11) is 1.64. The Balaban J connectivity index is 1.74. The van der Waals surface area contributed by atoms with Gasteiger partial charge in [0.25, 0.3) is 0 Å². The standard InChI is InChI=1S/C16H24N6O/c1-10(2)13-9-15(22-14(21-13)6-7-18-22)19-11-4-5-12(8-11)20-16(23)17-3/h6-7,9-12,19H,4-5,8H2,1-3H3,(H2,17,20,23)/t11-,12-/m1/s1. The lowest BCUT2D eigenvalue weighted by Crippen LogP contribution is -2.39. The highest BCUT2D eigenvalue weighted by molar-refractivity contribution is 5.73. The van der Waals surface area contributed by atoms with Gasteiger partial charge >= 0.3 is 6.03 Å². The van der Waals surface area contributed by atoms with Gasteiger partial charge in [-0.25, -0.2) is 9.78 Å². The van der Waals surface area contributed by atoms with Crippen molar-refractivity contribution in [3.8, 4) is 0 Å². The van der Waals surface area contributed by atoms with Crippen LogP contribution < -0.4 is 16.0 Å². The molecule has 0 saturated heterocycles. The van der Waals surface area contributed by atoms with Gasteiger partial charge in [0.05, 0.1) is 6.20 Å². The van der Waals surface area contributed by atoms with E-state index >= 15 is 0 Å². The summed E-state index contributed by atoms with van der Waals surface area (Å²) in [5.74, 6) is 1.33. The molecule has 2 atom stereocenters. The lowest BCUT2D eigenvalue weighted by molar-refractivity contribution is 0.239. The summed E-state index contributed by atoms with van der Waals surface area (Å²) in [4.78, 5) is 16.1. The number of rotatable bonds is 4. The van der Waals surface area contributed by atoms with Crippen LogP contribution in [0.15, 0.2) is 18.3 Å². The van der Waals surface area contributed by atoms with E-state index < -0.39 is 0 Å².